The highest BCUT2D eigenvalue weighted by molar-refractivity contribution is 7.98. The van der Waals surface area contributed by atoms with Crippen LogP contribution in [0.2, 0.25) is 0 Å². The topological polar surface area (TPSA) is 73.5 Å². The number of likely N-dealkylation sites (tertiary alicyclic amines) is 1. The summed E-state index contributed by atoms with van der Waals surface area (Å²) >= 11 is 1.68. The highest BCUT2D eigenvalue weighted by atomic mass is 32.2. The molecule has 0 radical (unpaired) electrons. The fourth-order valence-corrected chi connectivity index (χ4v) is 4.26. The van der Waals surface area contributed by atoms with Crippen LogP contribution in [0.15, 0.2) is 53.4 Å². The average molecular weight is 495 g/mol. The molecule has 3 rings (SSSR count). The number of hydrogen-bond donors (Lipinski definition) is 3. The van der Waals surface area contributed by atoms with Crippen molar-refractivity contribution in [3.63, 3.8) is 0 Å². The first-order valence-electron chi connectivity index (χ1n) is 11.0. The fraction of sp³-hybridized carbons (Fsp3) is 0.417. The molecule has 2 atom stereocenters. The average Bonchev–Trinajstić information content (AvgIpc) is 2.82. The van der Waals surface area contributed by atoms with Gasteiger partial charge in [-0.3, -0.25) is 9.59 Å². The predicted octanol–water partition coefficient (Wildman–Crippen LogP) is 3.14. The number of likely N-dealkylation sites (N-methyl/N-ethyl adjacent to an activating group) is 1. The molecule has 0 aliphatic carbocycles. The Kier molecular flexibility index (Phi) is 8.98. The van der Waals surface area contributed by atoms with E-state index in [0.717, 1.165) is 30.7 Å². The van der Waals surface area contributed by atoms with Crippen LogP contribution in [-0.2, 0) is 17.5 Å². The van der Waals surface area contributed by atoms with Crippen molar-refractivity contribution in [1.29, 1.82) is 0 Å². The first-order valence-corrected chi connectivity index (χ1v) is 12.2. The fourth-order valence-electron chi connectivity index (χ4n) is 3.86. The maximum Gasteiger partial charge on any atom is 0.416 e. The molecule has 0 saturated carbocycles. The third kappa shape index (κ3) is 7.48. The van der Waals surface area contributed by atoms with Crippen molar-refractivity contribution in [3.8, 4) is 0 Å². The largest absolute Gasteiger partial charge is 0.416 e. The molecule has 0 bridgehead atoms. The summed E-state index contributed by atoms with van der Waals surface area (Å²) in [6.45, 7) is 1.89. The van der Waals surface area contributed by atoms with E-state index < -0.39 is 23.6 Å². The maximum atomic E-state index is 12.9. The molecule has 10 heteroatoms. The van der Waals surface area contributed by atoms with Crippen LogP contribution in [0.5, 0.6) is 0 Å². The minimum atomic E-state index is -4.54. The number of amides is 2. The molecule has 2 aromatic carbocycles. The van der Waals surface area contributed by atoms with Gasteiger partial charge in [0.1, 0.15) is 0 Å². The van der Waals surface area contributed by atoms with Gasteiger partial charge in [-0.05, 0) is 62.2 Å². The van der Waals surface area contributed by atoms with E-state index in [1.807, 2.05) is 13.3 Å². The summed E-state index contributed by atoms with van der Waals surface area (Å²) in [5, 5.41) is 8.88. The Morgan fingerprint density at radius 1 is 1.12 bits per heavy atom. The third-order valence-corrected chi connectivity index (χ3v) is 6.49. The molecular formula is C24H29F3N4O2S. The summed E-state index contributed by atoms with van der Waals surface area (Å²) in [6, 6.07) is 12.3. The molecule has 1 aliphatic rings. The van der Waals surface area contributed by atoms with Crippen molar-refractivity contribution in [2.45, 2.75) is 36.1 Å². The zero-order valence-electron chi connectivity index (χ0n) is 19.1. The molecule has 2 amide bonds. The lowest BCUT2D eigenvalue weighted by molar-refractivity contribution is -0.137. The summed E-state index contributed by atoms with van der Waals surface area (Å²) in [4.78, 5) is 28.1. The van der Waals surface area contributed by atoms with Gasteiger partial charge in [-0.1, -0.05) is 18.2 Å². The Morgan fingerprint density at radius 2 is 1.85 bits per heavy atom. The van der Waals surface area contributed by atoms with E-state index in [0.29, 0.717) is 13.1 Å². The van der Waals surface area contributed by atoms with Crippen molar-refractivity contribution >= 4 is 23.6 Å². The van der Waals surface area contributed by atoms with Gasteiger partial charge in [-0.25, -0.2) is 0 Å². The first-order chi connectivity index (χ1) is 16.2. The van der Waals surface area contributed by atoms with Crippen molar-refractivity contribution in [2.75, 3.05) is 32.9 Å². The molecule has 34 heavy (non-hydrogen) atoms. The lowest BCUT2D eigenvalue weighted by Gasteiger charge is -2.37. The molecule has 3 N–H and O–H groups in total. The highest BCUT2D eigenvalue weighted by Crippen LogP contribution is 2.29. The van der Waals surface area contributed by atoms with E-state index in [1.54, 1.807) is 11.8 Å². The number of piperidine rings is 1. The van der Waals surface area contributed by atoms with E-state index in [4.69, 9.17) is 0 Å². The monoisotopic (exact) mass is 494 g/mol. The normalized spacial score (nSPS) is 19.0. The van der Waals surface area contributed by atoms with Crippen LogP contribution in [0, 0.1) is 0 Å². The molecule has 1 saturated heterocycles. The van der Waals surface area contributed by atoms with E-state index in [9.17, 15) is 22.8 Å². The Bertz CT molecular complexity index is 985. The molecule has 1 aliphatic heterocycles. The van der Waals surface area contributed by atoms with Gasteiger partial charge in [0.05, 0.1) is 18.2 Å². The van der Waals surface area contributed by atoms with Crippen LogP contribution in [0.4, 0.5) is 13.2 Å². The number of nitrogens with zero attached hydrogens (tertiary/aromatic N) is 1. The van der Waals surface area contributed by atoms with Crippen LogP contribution in [-0.4, -0.2) is 61.7 Å². The number of carbonyl (C=O) groups excluding carboxylic acids is 2. The second-order valence-electron chi connectivity index (χ2n) is 8.32. The second-order valence-corrected chi connectivity index (χ2v) is 9.20. The molecule has 6 nitrogen and oxygen atoms in total. The number of halogens is 3. The van der Waals surface area contributed by atoms with Crippen LogP contribution in [0.25, 0.3) is 0 Å². The number of nitrogens with one attached hydrogen (secondary N) is 3. The van der Waals surface area contributed by atoms with Gasteiger partial charge >= 0.3 is 6.18 Å². The molecule has 0 unspecified atom stereocenters. The van der Waals surface area contributed by atoms with Crippen LogP contribution in [0.3, 0.4) is 0 Å². The first kappa shape index (κ1) is 26.1. The number of rotatable bonds is 8. The van der Waals surface area contributed by atoms with E-state index in [2.05, 4.69) is 45.1 Å². The Morgan fingerprint density at radius 3 is 2.53 bits per heavy atom. The SMILES string of the molecule is CSc1ccc(CN[C@@H]2CCN(C)C[C@@H]2NC(=O)CNC(=O)c2cccc(C(F)(F)F)c2)cc1. The van der Waals surface area contributed by atoms with Gasteiger partial charge in [0, 0.05) is 29.6 Å². The molecule has 0 spiro atoms. The second kappa shape index (κ2) is 11.7. The van der Waals surface area contributed by atoms with Gasteiger partial charge in [0.2, 0.25) is 5.91 Å². The summed E-state index contributed by atoms with van der Waals surface area (Å²) in [5.74, 6) is -1.12. The zero-order chi connectivity index (χ0) is 24.7. The third-order valence-electron chi connectivity index (χ3n) is 5.75. The minimum absolute atomic E-state index is 0.0551. The van der Waals surface area contributed by atoms with Crippen molar-refractivity contribution in [2.24, 2.45) is 0 Å². The Labute approximate surface area is 201 Å². The Hall–Kier alpha value is -2.56. The molecule has 184 valence electrons. The quantitative estimate of drug-likeness (QED) is 0.492. The highest BCUT2D eigenvalue weighted by Gasteiger charge is 2.31. The van der Waals surface area contributed by atoms with Crippen molar-refractivity contribution < 1.29 is 22.8 Å². The lowest BCUT2D eigenvalue weighted by Crippen LogP contribution is -2.59. The van der Waals surface area contributed by atoms with Gasteiger partial charge in [-0.2, -0.15) is 13.2 Å². The van der Waals surface area contributed by atoms with Crippen molar-refractivity contribution in [1.82, 2.24) is 20.9 Å². The minimum Gasteiger partial charge on any atom is -0.349 e. The Balaban J connectivity index is 1.53. The molecule has 1 heterocycles. The van der Waals surface area contributed by atoms with Crippen molar-refractivity contribution in [3.05, 3.63) is 65.2 Å². The lowest BCUT2D eigenvalue weighted by atomic mass is 9.99. The summed E-state index contributed by atoms with van der Waals surface area (Å²) < 4.78 is 38.6. The molecule has 0 aromatic heterocycles. The van der Waals surface area contributed by atoms with E-state index >= 15 is 0 Å². The smallest absolute Gasteiger partial charge is 0.349 e. The van der Waals surface area contributed by atoms with Crippen LogP contribution >= 0.6 is 11.8 Å². The number of benzene rings is 2. The summed E-state index contributed by atoms with van der Waals surface area (Å²) in [7, 11) is 1.98. The van der Waals surface area contributed by atoms with Gasteiger partial charge in [0.25, 0.3) is 5.91 Å². The number of alkyl halides is 3. The number of carbonyl (C=O) groups is 2. The molecule has 1 fully saturated rings. The van der Waals surface area contributed by atoms with Crippen LogP contribution < -0.4 is 16.0 Å². The van der Waals surface area contributed by atoms with E-state index in [1.165, 1.54) is 17.0 Å². The van der Waals surface area contributed by atoms with E-state index in [-0.39, 0.29) is 24.2 Å². The standard InChI is InChI=1S/C24H29F3N4O2S/c1-31-11-10-20(28-13-16-6-8-19(34-2)9-7-16)21(15-31)30-22(32)14-29-23(33)17-4-3-5-18(12-17)24(25,26)27/h3-9,12,20-21,28H,10-11,13-15H2,1-2H3,(H,29,33)(H,30,32)/t20-,21+/m1/s1. The van der Waals surface area contributed by atoms with Gasteiger partial charge < -0.3 is 20.9 Å². The summed E-state index contributed by atoms with van der Waals surface area (Å²) in [5.41, 5.74) is 0.0917. The van der Waals surface area contributed by atoms with Gasteiger partial charge in [-0.15, -0.1) is 11.8 Å². The molecule has 2 aromatic rings. The number of hydrogen-bond acceptors (Lipinski definition) is 5. The van der Waals surface area contributed by atoms with Gasteiger partial charge in [0.15, 0.2) is 0 Å². The zero-order valence-corrected chi connectivity index (χ0v) is 19.9. The van der Waals surface area contributed by atoms with Crippen LogP contribution in [0.1, 0.15) is 27.9 Å². The predicted molar refractivity (Wildman–Crippen MR) is 127 cm³/mol. The maximum absolute atomic E-state index is 12.9. The summed E-state index contributed by atoms with van der Waals surface area (Å²) in [6.07, 6.45) is -1.66. The number of thioether (sulfide) groups is 1. The molecular weight excluding hydrogens is 465 g/mol.